The zero-order valence-electron chi connectivity index (χ0n) is 16.7. The maximum absolute atomic E-state index is 13.9. The van der Waals surface area contributed by atoms with Gasteiger partial charge in [0.1, 0.15) is 16.5 Å². The summed E-state index contributed by atoms with van der Waals surface area (Å²) in [5.41, 5.74) is -0.0227. The number of hydrogen-bond acceptors (Lipinski definition) is 7. The van der Waals surface area contributed by atoms with Crippen molar-refractivity contribution < 1.29 is 27.3 Å². The fourth-order valence-electron chi connectivity index (χ4n) is 3.22. The van der Waals surface area contributed by atoms with Gasteiger partial charge in [0.25, 0.3) is 5.69 Å². The minimum atomic E-state index is -3.96. The molecule has 2 aromatic carbocycles. The van der Waals surface area contributed by atoms with Gasteiger partial charge in [-0.3, -0.25) is 19.8 Å². The highest BCUT2D eigenvalue weighted by Gasteiger charge is 2.31. The molecule has 10 nitrogen and oxygen atoms in total. The summed E-state index contributed by atoms with van der Waals surface area (Å²) in [6, 6.07) is 9.05. The van der Waals surface area contributed by atoms with Gasteiger partial charge in [0.2, 0.25) is 15.9 Å². The van der Waals surface area contributed by atoms with E-state index < -0.39 is 26.7 Å². The average Bonchev–Trinajstić information content (AvgIpc) is 2.74. The molecule has 12 heteroatoms. The van der Waals surface area contributed by atoms with Crippen molar-refractivity contribution in [1.82, 2.24) is 9.21 Å². The number of nitro benzene ring substituents is 1. The van der Waals surface area contributed by atoms with Gasteiger partial charge < -0.3 is 10.1 Å². The molecule has 0 bridgehead atoms. The topological polar surface area (TPSA) is 122 Å². The number of rotatable bonds is 7. The molecular formula is C19H21FN4O6S. The number of non-ortho nitro benzene ring substituents is 1. The highest BCUT2D eigenvalue weighted by atomic mass is 32.2. The van der Waals surface area contributed by atoms with Crippen LogP contribution >= 0.6 is 0 Å². The standard InChI is InChI=1S/C19H21FN4O6S/c1-30-17-7-6-14(24(26)27)12-16(17)21-19(25)13-22-8-10-23(11-9-22)31(28,29)18-5-3-2-4-15(18)20/h2-7,12H,8-11,13H2,1H3,(H,21,25). The number of nitrogens with zero attached hydrogens (tertiary/aromatic N) is 3. The van der Waals surface area contributed by atoms with Crippen molar-refractivity contribution in [2.24, 2.45) is 0 Å². The molecule has 0 aliphatic carbocycles. The smallest absolute Gasteiger partial charge is 0.271 e. The number of hydrogen-bond donors (Lipinski definition) is 1. The number of nitro groups is 1. The van der Waals surface area contributed by atoms with E-state index in [1.54, 1.807) is 4.90 Å². The third kappa shape index (κ3) is 5.16. The van der Waals surface area contributed by atoms with Crippen LogP contribution in [-0.2, 0) is 14.8 Å². The van der Waals surface area contributed by atoms with E-state index in [9.17, 15) is 27.7 Å². The fourth-order valence-corrected chi connectivity index (χ4v) is 4.71. The Labute approximate surface area is 178 Å². The van der Waals surface area contributed by atoms with Crippen LogP contribution in [0, 0.1) is 15.9 Å². The number of ether oxygens (including phenoxy) is 1. The van der Waals surface area contributed by atoms with Crippen LogP contribution in [0.4, 0.5) is 15.8 Å². The lowest BCUT2D eigenvalue weighted by Gasteiger charge is -2.33. The van der Waals surface area contributed by atoms with Crippen LogP contribution in [0.3, 0.4) is 0 Å². The predicted octanol–water partition coefficient (Wildman–Crippen LogP) is 1.69. The largest absolute Gasteiger partial charge is 0.495 e. The van der Waals surface area contributed by atoms with Crippen LogP contribution in [0.5, 0.6) is 5.75 Å². The van der Waals surface area contributed by atoms with Crippen LogP contribution in [0.1, 0.15) is 0 Å². The summed E-state index contributed by atoms with van der Waals surface area (Å²) >= 11 is 0. The van der Waals surface area contributed by atoms with Crippen molar-refractivity contribution >= 4 is 27.3 Å². The SMILES string of the molecule is COc1ccc([N+](=O)[O-])cc1NC(=O)CN1CCN(S(=O)(=O)c2ccccc2F)CC1. The van der Waals surface area contributed by atoms with E-state index >= 15 is 0 Å². The van der Waals surface area contributed by atoms with Gasteiger partial charge in [0.15, 0.2) is 0 Å². The number of piperazine rings is 1. The first-order valence-corrected chi connectivity index (χ1v) is 10.8. The molecule has 166 valence electrons. The molecule has 1 amide bonds. The maximum Gasteiger partial charge on any atom is 0.271 e. The number of methoxy groups -OCH3 is 1. The van der Waals surface area contributed by atoms with E-state index in [0.717, 1.165) is 6.07 Å². The molecule has 2 aromatic rings. The molecule has 1 fully saturated rings. The summed E-state index contributed by atoms with van der Waals surface area (Å²) in [5, 5.41) is 13.5. The molecule has 31 heavy (non-hydrogen) atoms. The number of anilines is 1. The van der Waals surface area contributed by atoms with Crippen molar-refractivity contribution in [3.63, 3.8) is 0 Å². The summed E-state index contributed by atoms with van der Waals surface area (Å²) in [7, 11) is -2.58. The monoisotopic (exact) mass is 452 g/mol. The lowest BCUT2D eigenvalue weighted by atomic mass is 10.2. The van der Waals surface area contributed by atoms with Gasteiger partial charge in [-0.15, -0.1) is 0 Å². The van der Waals surface area contributed by atoms with Crippen molar-refractivity contribution in [2.45, 2.75) is 4.90 Å². The van der Waals surface area contributed by atoms with Crippen molar-refractivity contribution in [3.05, 3.63) is 58.4 Å². The Balaban J connectivity index is 1.60. The lowest BCUT2D eigenvalue weighted by molar-refractivity contribution is -0.384. The molecule has 1 aliphatic heterocycles. The quantitative estimate of drug-likeness (QED) is 0.501. The van der Waals surface area contributed by atoms with E-state index in [2.05, 4.69) is 5.32 Å². The number of sulfonamides is 1. The van der Waals surface area contributed by atoms with Gasteiger partial charge in [-0.05, 0) is 18.2 Å². The molecule has 0 aromatic heterocycles. The average molecular weight is 452 g/mol. The van der Waals surface area contributed by atoms with Crippen LogP contribution in [0.25, 0.3) is 0 Å². The number of nitrogens with one attached hydrogen (secondary N) is 1. The second-order valence-corrected chi connectivity index (χ2v) is 8.71. The molecule has 0 unspecified atom stereocenters. The molecule has 1 aliphatic rings. The minimum absolute atomic E-state index is 0.0422. The van der Waals surface area contributed by atoms with Crippen LogP contribution in [0.2, 0.25) is 0 Å². The van der Waals surface area contributed by atoms with E-state index in [4.69, 9.17) is 4.74 Å². The van der Waals surface area contributed by atoms with Gasteiger partial charge in [-0.1, -0.05) is 12.1 Å². The number of carbonyl (C=O) groups excluding carboxylic acids is 1. The van der Waals surface area contributed by atoms with Gasteiger partial charge in [0, 0.05) is 38.3 Å². The Morgan fingerprint density at radius 3 is 2.48 bits per heavy atom. The Bertz CT molecular complexity index is 1090. The zero-order valence-corrected chi connectivity index (χ0v) is 17.5. The molecule has 0 atom stereocenters. The Morgan fingerprint density at radius 1 is 1.19 bits per heavy atom. The van der Waals surface area contributed by atoms with Crippen molar-refractivity contribution in [2.75, 3.05) is 45.2 Å². The van der Waals surface area contributed by atoms with Crippen molar-refractivity contribution in [1.29, 1.82) is 0 Å². The first kappa shape index (κ1) is 22.6. The summed E-state index contributed by atoms with van der Waals surface area (Å²) in [6.45, 7) is 0.702. The van der Waals surface area contributed by atoms with E-state index in [0.29, 0.717) is 0 Å². The first-order valence-electron chi connectivity index (χ1n) is 9.31. The van der Waals surface area contributed by atoms with Gasteiger partial charge in [-0.2, -0.15) is 4.31 Å². The minimum Gasteiger partial charge on any atom is -0.495 e. The summed E-state index contributed by atoms with van der Waals surface area (Å²) in [4.78, 5) is 24.2. The Kier molecular flexibility index (Phi) is 6.83. The lowest BCUT2D eigenvalue weighted by Crippen LogP contribution is -2.50. The summed E-state index contributed by atoms with van der Waals surface area (Å²) in [5.74, 6) is -0.959. The first-order chi connectivity index (χ1) is 14.7. The van der Waals surface area contributed by atoms with Crippen molar-refractivity contribution in [3.8, 4) is 5.75 Å². The predicted molar refractivity (Wildman–Crippen MR) is 110 cm³/mol. The Morgan fingerprint density at radius 2 is 1.87 bits per heavy atom. The van der Waals surface area contributed by atoms with Gasteiger partial charge in [0.05, 0.1) is 24.3 Å². The third-order valence-corrected chi connectivity index (χ3v) is 6.75. The Hall–Kier alpha value is -3.09. The molecular weight excluding hydrogens is 431 g/mol. The molecule has 0 radical (unpaired) electrons. The molecule has 0 spiro atoms. The number of amides is 1. The van der Waals surface area contributed by atoms with Gasteiger partial charge >= 0.3 is 0 Å². The molecule has 1 N–H and O–H groups in total. The fraction of sp³-hybridized carbons (Fsp3) is 0.316. The second kappa shape index (κ2) is 9.37. The molecule has 0 saturated carbocycles. The van der Waals surface area contributed by atoms with Crippen LogP contribution < -0.4 is 10.1 Å². The molecule has 3 rings (SSSR count). The number of halogens is 1. The summed E-state index contributed by atoms with van der Waals surface area (Å²) < 4.78 is 45.5. The maximum atomic E-state index is 13.9. The van der Waals surface area contributed by atoms with E-state index in [1.165, 1.54) is 47.8 Å². The van der Waals surface area contributed by atoms with E-state index in [-0.39, 0.29) is 54.7 Å². The normalized spacial score (nSPS) is 15.4. The zero-order chi connectivity index (χ0) is 22.6. The highest BCUT2D eigenvalue weighted by molar-refractivity contribution is 7.89. The second-order valence-electron chi connectivity index (χ2n) is 6.80. The number of benzene rings is 2. The highest BCUT2D eigenvalue weighted by Crippen LogP contribution is 2.29. The number of carbonyl (C=O) groups is 1. The third-order valence-electron chi connectivity index (χ3n) is 4.82. The van der Waals surface area contributed by atoms with Crippen LogP contribution in [0.15, 0.2) is 47.4 Å². The van der Waals surface area contributed by atoms with Crippen LogP contribution in [-0.4, -0.2) is 68.3 Å². The molecule has 1 heterocycles. The van der Waals surface area contributed by atoms with E-state index in [1.807, 2.05) is 0 Å². The van der Waals surface area contributed by atoms with Gasteiger partial charge in [-0.25, -0.2) is 12.8 Å². The molecule has 1 saturated heterocycles. The summed E-state index contributed by atoms with van der Waals surface area (Å²) in [6.07, 6.45) is 0.